The molecule has 2 aromatic heterocycles. The van der Waals surface area contributed by atoms with Crippen molar-refractivity contribution < 1.29 is 4.74 Å². The van der Waals surface area contributed by atoms with E-state index in [2.05, 4.69) is 32.0 Å². The van der Waals surface area contributed by atoms with Crippen LogP contribution in [0, 0.1) is 0 Å². The lowest BCUT2D eigenvalue weighted by atomic mass is 9.93. The van der Waals surface area contributed by atoms with Gasteiger partial charge in [0.25, 0.3) is 5.56 Å². The van der Waals surface area contributed by atoms with Gasteiger partial charge in [-0.25, -0.2) is 0 Å². The van der Waals surface area contributed by atoms with E-state index < -0.39 is 0 Å². The molecule has 0 aromatic carbocycles. The smallest absolute Gasteiger partial charge is 0.263 e. The van der Waals surface area contributed by atoms with Crippen molar-refractivity contribution in [3.05, 3.63) is 16.6 Å². The molecule has 1 aliphatic heterocycles. The maximum absolute atomic E-state index is 11.9. The highest BCUT2D eigenvalue weighted by atomic mass is 16.5. The van der Waals surface area contributed by atoms with Crippen LogP contribution in [0.4, 0.5) is 5.95 Å². The van der Waals surface area contributed by atoms with Gasteiger partial charge in [0.15, 0.2) is 5.65 Å². The zero-order valence-corrected chi connectivity index (χ0v) is 11.8. The molecule has 0 radical (unpaired) electrons. The molecule has 3 heterocycles. The highest BCUT2D eigenvalue weighted by molar-refractivity contribution is 5.73. The van der Waals surface area contributed by atoms with Crippen LogP contribution in [0.25, 0.3) is 11.0 Å². The van der Waals surface area contributed by atoms with Gasteiger partial charge in [0.1, 0.15) is 5.39 Å². The Kier molecular flexibility index (Phi) is 3.21. The number of aromatic nitrogens is 4. The third kappa shape index (κ3) is 2.29. The molecule has 1 saturated heterocycles. The predicted octanol–water partition coefficient (Wildman–Crippen LogP) is 1.04. The number of fused-ring (bicyclic) bond motifs is 1. The highest BCUT2D eigenvalue weighted by Crippen LogP contribution is 2.27. The second-order valence-electron chi connectivity index (χ2n) is 5.39. The first-order valence-electron chi connectivity index (χ1n) is 6.93. The van der Waals surface area contributed by atoms with Crippen molar-refractivity contribution in [1.29, 1.82) is 0 Å². The Morgan fingerprint density at radius 1 is 1.45 bits per heavy atom. The Labute approximate surface area is 116 Å². The molecule has 0 bridgehead atoms. The minimum absolute atomic E-state index is 0.0658. The molecule has 0 atom stereocenters. The lowest BCUT2D eigenvalue weighted by Crippen LogP contribution is -2.45. The van der Waals surface area contributed by atoms with Crippen LogP contribution in [0.5, 0.6) is 0 Å². The topological polar surface area (TPSA) is 86.9 Å². The second-order valence-corrected chi connectivity index (χ2v) is 5.39. The number of hydrogen-bond acceptors (Lipinski definition) is 5. The summed E-state index contributed by atoms with van der Waals surface area (Å²) in [5.41, 5.74) is 0.308. The molecule has 2 N–H and O–H groups in total. The van der Waals surface area contributed by atoms with Gasteiger partial charge < -0.3 is 9.64 Å². The predicted molar refractivity (Wildman–Crippen MR) is 76.0 cm³/mol. The molecule has 0 aliphatic carbocycles. The van der Waals surface area contributed by atoms with Crippen molar-refractivity contribution in [2.75, 3.05) is 24.6 Å². The fourth-order valence-electron chi connectivity index (χ4n) is 2.67. The standard InChI is InChI=1S/C13H19N5O2/c1-3-20-13(2)4-6-18(7-5-13)12-15-10-9(8-14-17-10)11(19)16-12/h8H,3-7H2,1-2H3,(H2,14,15,16,17,19). The van der Waals surface area contributed by atoms with E-state index in [4.69, 9.17) is 4.74 Å². The van der Waals surface area contributed by atoms with Crippen LogP contribution in [-0.4, -0.2) is 45.5 Å². The average Bonchev–Trinajstić information content (AvgIpc) is 2.88. The second kappa shape index (κ2) is 4.90. The molecule has 0 unspecified atom stereocenters. The summed E-state index contributed by atoms with van der Waals surface area (Å²) in [6.45, 7) is 6.52. The van der Waals surface area contributed by atoms with Crippen LogP contribution < -0.4 is 10.5 Å². The quantitative estimate of drug-likeness (QED) is 0.875. The zero-order chi connectivity index (χ0) is 14.2. The number of rotatable bonds is 3. The molecule has 1 fully saturated rings. The van der Waals surface area contributed by atoms with Crippen LogP contribution in [0.3, 0.4) is 0 Å². The van der Waals surface area contributed by atoms with E-state index in [1.807, 2.05) is 6.92 Å². The van der Waals surface area contributed by atoms with E-state index in [0.717, 1.165) is 32.5 Å². The minimum Gasteiger partial charge on any atom is -0.375 e. The molecule has 0 saturated carbocycles. The lowest BCUT2D eigenvalue weighted by Gasteiger charge is -2.39. The Morgan fingerprint density at radius 3 is 2.90 bits per heavy atom. The minimum atomic E-state index is -0.156. The van der Waals surface area contributed by atoms with E-state index in [9.17, 15) is 4.79 Å². The molecule has 2 aromatic rings. The molecule has 108 valence electrons. The number of piperidine rings is 1. The number of ether oxygens (including phenoxy) is 1. The van der Waals surface area contributed by atoms with Gasteiger partial charge in [0.2, 0.25) is 5.95 Å². The van der Waals surface area contributed by atoms with Gasteiger partial charge in [-0.2, -0.15) is 10.1 Å². The average molecular weight is 277 g/mol. The van der Waals surface area contributed by atoms with Crippen molar-refractivity contribution >= 4 is 17.0 Å². The van der Waals surface area contributed by atoms with Crippen LogP contribution in [0.1, 0.15) is 26.7 Å². The van der Waals surface area contributed by atoms with Crippen LogP contribution in [-0.2, 0) is 4.74 Å². The summed E-state index contributed by atoms with van der Waals surface area (Å²) in [5, 5.41) is 7.08. The summed E-state index contributed by atoms with van der Waals surface area (Å²) in [6.07, 6.45) is 3.34. The van der Waals surface area contributed by atoms with Crippen LogP contribution in [0.15, 0.2) is 11.0 Å². The zero-order valence-electron chi connectivity index (χ0n) is 11.8. The summed E-state index contributed by atoms with van der Waals surface area (Å²) in [4.78, 5) is 21.3. The third-order valence-electron chi connectivity index (χ3n) is 3.92. The van der Waals surface area contributed by atoms with E-state index in [-0.39, 0.29) is 11.2 Å². The van der Waals surface area contributed by atoms with Crippen molar-refractivity contribution in [1.82, 2.24) is 20.2 Å². The third-order valence-corrected chi connectivity index (χ3v) is 3.92. The molecule has 7 nitrogen and oxygen atoms in total. The van der Waals surface area contributed by atoms with Gasteiger partial charge in [-0.15, -0.1) is 0 Å². The Hall–Kier alpha value is -1.89. The maximum Gasteiger partial charge on any atom is 0.263 e. The van der Waals surface area contributed by atoms with E-state index >= 15 is 0 Å². The summed E-state index contributed by atoms with van der Waals surface area (Å²) in [5.74, 6) is 0.602. The highest BCUT2D eigenvalue weighted by Gasteiger charge is 2.31. The fourth-order valence-corrected chi connectivity index (χ4v) is 2.67. The summed E-state index contributed by atoms with van der Waals surface area (Å²) in [6, 6.07) is 0. The first kappa shape index (κ1) is 13.1. The number of nitrogens with one attached hydrogen (secondary N) is 2. The summed E-state index contributed by atoms with van der Waals surface area (Å²) >= 11 is 0. The summed E-state index contributed by atoms with van der Waals surface area (Å²) < 4.78 is 5.80. The van der Waals surface area contributed by atoms with Gasteiger partial charge in [0.05, 0.1) is 11.8 Å². The molecular formula is C13H19N5O2. The summed E-state index contributed by atoms with van der Waals surface area (Å²) in [7, 11) is 0. The normalized spacial score (nSPS) is 18.6. The molecule has 1 aliphatic rings. The van der Waals surface area contributed by atoms with Gasteiger partial charge in [-0.1, -0.05) is 0 Å². The van der Waals surface area contributed by atoms with Crippen molar-refractivity contribution in [3.63, 3.8) is 0 Å². The maximum atomic E-state index is 11.9. The van der Waals surface area contributed by atoms with E-state index in [1.54, 1.807) is 0 Å². The number of nitrogens with zero attached hydrogens (tertiary/aromatic N) is 3. The molecule has 3 rings (SSSR count). The molecule has 20 heavy (non-hydrogen) atoms. The first-order chi connectivity index (χ1) is 9.61. The number of H-pyrrole nitrogens is 2. The number of anilines is 1. The fraction of sp³-hybridized carbons (Fsp3) is 0.615. The number of hydrogen-bond donors (Lipinski definition) is 2. The SMILES string of the molecule is CCOC1(C)CCN(c2nc3[nH]ncc3c(=O)[nH]2)CC1. The lowest BCUT2D eigenvalue weighted by molar-refractivity contribution is -0.0415. The Balaban J connectivity index is 1.81. The van der Waals surface area contributed by atoms with Crippen LogP contribution >= 0.6 is 0 Å². The monoisotopic (exact) mass is 277 g/mol. The van der Waals surface area contributed by atoms with E-state index in [1.165, 1.54) is 6.20 Å². The van der Waals surface area contributed by atoms with Crippen LogP contribution in [0.2, 0.25) is 0 Å². The molecule has 7 heteroatoms. The molecule has 0 amide bonds. The van der Waals surface area contributed by atoms with Crippen molar-refractivity contribution in [2.45, 2.75) is 32.3 Å². The first-order valence-corrected chi connectivity index (χ1v) is 6.93. The van der Waals surface area contributed by atoms with Crippen molar-refractivity contribution in [2.24, 2.45) is 0 Å². The van der Waals surface area contributed by atoms with Gasteiger partial charge in [0, 0.05) is 19.7 Å². The van der Waals surface area contributed by atoms with E-state index in [0.29, 0.717) is 17.0 Å². The van der Waals surface area contributed by atoms with Gasteiger partial charge in [-0.3, -0.25) is 14.9 Å². The largest absolute Gasteiger partial charge is 0.375 e. The Morgan fingerprint density at radius 2 is 2.20 bits per heavy atom. The molecule has 0 spiro atoms. The molecular weight excluding hydrogens is 258 g/mol. The Bertz CT molecular complexity index is 654. The van der Waals surface area contributed by atoms with Crippen molar-refractivity contribution in [3.8, 4) is 0 Å². The van der Waals surface area contributed by atoms with Gasteiger partial charge in [-0.05, 0) is 26.7 Å². The number of aromatic amines is 2. The van der Waals surface area contributed by atoms with Gasteiger partial charge >= 0.3 is 0 Å².